The van der Waals surface area contributed by atoms with Crippen molar-refractivity contribution in [3.63, 3.8) is 0 Å². The molecule has 1 aliphatic heterocycles. The molecular weight excluding hydrogens is 465 g/mol. The van der Waals surface area contributed by atoms with Gasteiger partial charge >= 0.3 is 0 Å². The van der Waals surface area contributed by atoms with Crippen molar-refractivity contribution in [2.24, 2.45) is 5.92 Å². The number of ether oxygens (including phenoxy) is 1. The predicted molar refractivity (Wildman–Crippen MR) is 121 cm³/mol. The lowest BCUT2D eigenvalue weighted by molar-refractivity contribution is -0.136. The van der Waals surface area contributed by atoms with Crippen molar-refractivity contribution in [3.05, 3.63) is 42.0 Å². The summed E-state index contributed by atoms with van der Waals surface area (Å²) in [4.78, 5) is 14.1. The van der Waals surface area contributed by atoms with Gasteiger partial charge in [0.1, 0.15) is 16.4 Å². The molecule has 2 aromatic rings. The maximum Gasteiger partial charge on any atom is 0.245 e. The number of halogens is 1. The molecule has 0 aliphatic carbocycles. The standard InChI is InChI=1S/C22H32FN5O5S/c1-16-11-28(17(2)14-29)22(30)9-6-10-27-12-18(24-25-27)15-33-20(16)13-26(3)34(31,32)21-8-5-4-7-19(21)23/h4-5,7-8,12,16-17,20,29H,6,9-11,13-15H2,1-3H3/t16-,17-,20-/m1/s1. The number of carbonyl (C=O) groups excluding carboxylic acids is 1. The van der Waals surface area contributed by atoms with Crippen LogP contribution in [0, 0.1) is 11.7 Å². The van der Waals surface area contributed by atoms with Crippen molar-refractivity contribution in [3.8, 4) is 0 Å². The largest absolute Gasteiger partial charge is 0.394 e. The van der Waals surface area contributed by atoms with Crippen molar-refractivity contribution in [1.29, 1.82) is 0 Å². The summed E-state index contributed by atoms with van der Waals surface area (Å²) in [5.41, 5.74) is 0.586. The van der Waals surface area contributed by atoms with Gasteiger partial charge < -0.3 is 14.7 Å². The second-order valence-corrected chi connectivity index (χ2v) is 10.7. The molecule has 10 nitrogen and oxygen atoms in total. The predicted octanol–water partition coefficient (Wildman–Crippen LogP) is 1.26. The minimum absolute atomic E-state index is 0.0679. The number of aryl methyl sites for hydroxylation is 1. The number of hydrogen-bond donors (Lipinski definition) is 1. The van der Waals surface area contributed by atoms with E-state index in [1.807, 2.05) is 6.92 Å². The summed E-state index contributed by atoms with van der Waals surface area (Å²) in [6.45, 7) is 4.24. The van der Waals surface area contributed by atoms with E-state index in [1.54, 1.807) is 22.7 Å². The molecule has 0 unspecified atom stereocenters. The van der Waals surface area contributed by atoms with Gasteiger partial charge in [-0.25, -0.2) is 12.8 Å². The molecule has 2 heterocycles. The molecule has 188 valence electrons. The summed E-state index contributed by atoms with van der Waals surface area (Å²) in [5, 5.41) is 17.8. The summed E-state index contributed by atoms with van der Waals surface area (Å²) in [5.74, 6) is -1.24. The van der Waals surface area contributed by atoms with Crippen molar-refractivity contribution in [2.45, 2.75) is 56.9 Å². The molecule has 3 rings (SSSR count). The van der Waals surface area contributed by atoms with Gasteiger partial charge in [-0.15, -0.1) is 5.10 Å². The van der Waals surface area contributed by atoms with E-state index >= 15 is 0 Å². The Hall–Kier alpha value is -2.41. The molecule has 12 heteroatoms. The van der Waals surface area contributed by atoms with E-state index in [4.69, 9.17) is 4.74 Å². The fourth-order valence-electron chi connectivity index (χ4n) is 3.87. The molecule has 0 radical (unpaired) electrons. The molecular formula is C22H32FN5O5S. The van der Waals surface area contributed by atoms with Gasteiger partial charge in [0.05, 0.1) is 31.6 Å². The van der Waals surface area contributed by atoms with Crippen LogP contribution in [0.5, 0.6) is 0 Å². The number of aromatic nitrogens is 3. The second-order valence-electron chi connectivity index (χ2n) is 8.70. The molecule has 3 atom stereocenters. The van der Waals surface area contributed by atoms with Gasteiger partial charge in [-0.2, -0.15) is 4.31 Å². The zero-order chi connectivity index (χ0) is 24.9. The number of carbonyl (C=O) groups is 1. The van der Waals surface area contributed by atoms with Crippen LogP contribution in [0.25, 0.3) is 0 Å². The second kappa shape index (κ2) is 11.3. The molecule has 0 fully saturated rings. The van der Waals surface area contributed by atoms with E-state index in [-0.39, 0.29) is 44.5 Å². The van der Waals surface area contributed by atoms with Crippen molar-refractivity contribution in [1.82, 2.24) is 24.2 Å². The van der Waals surface area contributed by atoms with Crippen molar-refractivity contribution < 1.29 is 27.4 Å². The zero-order valence-electron chi connectivity index (χ0n) is 19.7. The Bertz CT molecular complexity index is 1080. The highest BCUT2D eigenvalue weighted by Gasteiger charge is 2.32. The minimum Gasteiger partial charge on any atom is -0.394 e. The number of aliphatic hydroxyl groups excluding tert-OH is 1. The smallest absolute Gasteiger partial charge is 0.245 e. The van der Waals surface area contributed by atoms with E-state index in [9.17, 15) is 22.7 Å². The van der Waals surface area contributed by atoms with Crippen LogP contribution in [0.3, 0.4) is 0 Å². The number of rotatable bonds is 6. The maximum absolute atomic E-state index is 14.2. The fraction of sp³-hybridized carbons (Fsp3) is 0.591. The molecule has 2 bridgehead atoms. The Morgan fingerprint density at radius 3 is 2.79 bits per heavy atom. The Labute approximate surface area is 199 Å². The van der Waals surface area contributed by atoms with Crippen LogP contribution in [-0.4, -0.2) is 82.5 Å². The Morgan fingerprint density at radius 2 is 2.09 bits per heavy atom. The molecule has 34 heavy (non-hydrogen) atoms. The van der Waals surface area contributed by atoms with Crippen LogP contribution in [0.2, 0.25) is 0 Å². The van der Waals surface area contributed by atoms with Crippen LogP contribution >= 0.6 is 0 Å². The van der Waals surface area contributed by atoms with Gasteiger partial charge in [0, 0.05) is 39.0 Å². The number of benzene rings is 1. The number of likely N-dealkylation sites (N-methyl/N-ethyl adjacent to an activating group) is 1. The highest BCUT2D eigenvalue weighted by Crippen LogP contribution is 2.22. The van der Waals surface area contributed by atoms with Crippen LogP contribution < -0.4 is 0 Å². The molecule has 1 amide bonds. The lowest BCUT2D eigenvalue weighted by Gasteiger charge is -2.35. The summed E-state index contributed by atoms with van der Waals surface area (Å²) in [6, 6.07) is 4.80. The Kier molecular flexibility index (Phi) is 8.74. The first-order valence-electron chi connectivity index (χ1n) is 11.2. The average molecular weight is 498 g/mol. The van der Waals surface area contributed by atoms with Gasteiger partial charge in [0.15, 0.2) is 0 Å². The number of amides is 1. The molecule has 1 aliphatic rings. The Morgan fingerprint density at radius 1 is 1.35 bits per heavy atom. The van der Waals surface area contributed by atoms with E-state index in [0.29, 0.717) is 18.7 Å². The third kappa shape index (κ3) is 6.17. The lowest BCUT2D eigenvalue weighted by atomic mass is 10.0. The number of fused-ring (bicyclic) bond motifs is 2. The van der Waals surface area contributed by atoms with Gasteiger partial charge in [0.2, 0.25) is 15.9 Å². The highest BCUT2D eigenvalue weighted by atomic mass is 32.2. The molecule has 0 saturated heterocycles. The van der Waals surface area contributed by atoms with Crippen molar-refractivity contribution >= 4 is 15.9 Å². The Balaban J connectivity index is 1.87. The van der Waals surface area contributed by atoms with E-state index in [0.717, 1.165) is 10.4 Å². The SMILES string of the molecule is C[C@@H]1CN([C@H](C)CO)C(=O)CCCn2cc(nn2)CO[C@@H]1CN(C)S(=O)(=O)c1ccccc1F. The monoisotopic (exact) mass is 497 g/mol. The first-order chi connectivity index (χ1) is 16.1. The van der Waals surface area contributed by atoms with Crippen LogP contribution in [0.4, 0.5) is 4.39 Å². The topological polar surface area (TPSA) is 118 Å². The molecule has 0 spiro atoms. The summed E-state index contributed by atoms with van der Waals surface area (Å²) in [6.07, 6.45) is 1.94. The summed E-state index contributed by atoms with van der Waals surface area (Å²) < 4.78 is 49.1. The number of hydrogen-bond acceptors (Lipinski definition) is 7. The number of sulfonamides is 1. The number of nitrogens with zero attached hydrogens (tertiary/aromatic N) is 5. The molecule has 1 aromatic heterocycles. The van der Waals surface area contributed by atoms with Crippen LogP contribution in [0.1, 0.15) is 32.4 Å². The van der Waals surface area contributed by atoms with E-state index < -0.39 is 32.9 Å². The fourth-order valence-corrected chi connectivity index (χ4v) is 5.11. The minimum atomic E-state index is -4.11. The van der Waals surface area contributed by atoms with Crippen LogP contribution in [-0.2, 0) is 32.7 Å². The normalized spacial score (nSPS) is 21.6. The van der Waals surface area contributed by atoms with Gasteiger partial charge in [-0.3, -0.25) is 9.48 Å². The van der Waals surface area contributed by atoms with Gasteiger partial charge in [-0.05, 0) is 25.5 Å². The van der Waals surface area contributed by atoms with Gasteiger partial charge in [0.25, 0.3) is 0 Å². The van der Waals surface area contributed by atoms with Crippen molar-refractivity contribution in [2.75, 3.05) is 26.7 Å². The summed E-state index contributed by atoms with van der Waals surface area (Å²) >= 11 is 0. The highest BCUT2D eigenvalue weighted by molar-refractivity contribution is 7.89. The summed E-state index contributed by atoms with van der Waals surface area (Å²) in [7, 11) is -2.74. The van der Waals surface area contributed by atoms with E-state index in [2.05, 4.69) is 10.3 Å². The quantitative estimate of drug-likeness (QED) is 0.638. The zero-order valence-corrected chi connectivity index (χ0v) is 20.5. The third-order valence-electron chi connectivity index (χ3n) is 6.01. The molecule has 0 saturated carbocycles. The first-order valence-corrected chi connectivity index (χ1v) is 12.7. The average Bonchev–Trinajstić information content (AvgIpc) is 3.26. The van der Waals surface area contributed by atoms with Crippen LogP contribution in [0.15, 0.2) is 35.4 Å². The van der Waals surface area contributed by atoms with Gasteiger partial charge in [-0.1, -0.05) is 24.3 Å². The number of aliphatic hydroxyl groups is 1. The maximum atomic E-state index is 14.2. The lowest BCUT2D eigenvalue weighted by Crippen LogP contribution is -2.47. The first kappa shape index (κ1) is 26.2. The molecule has 1 N–H and O–H groups in total. The third-order valence-corrected chi connectivity index (χ3v) is 7.86. The molecule has 1 aromatic carbocycles. The van der Waals surface area contributed by atoms with E-state index in [1.165, 1.54) is 25.2 Å².